The van der Waals surface area contributed by atoms with E-state index in [1.54, 1.807) is 25.1 Å². The monoisotopic (exact) mass is 400 g/mol. The number of aryl methyl sites for hydroxylation is 2. The summed E-state index contributed by atoms with van der Waals surface area (Å²) in [6.45, 7) is 4.30. The number of carbonyl (C=O) groups is 1. The Hall–Kier alpha value is -2.79. The molecular formula is C22H21ClO5. The summed E-state index contributed by atoms with van der Waals surface area (Å²) in [5.41, 5.74) is 2.66. The minimum atomic E-state index is -0.409. The van der Waals surface area contributed by atoms with Crippen LogP contribution in [0.4, 0.5) is 0 Å². The molecule has 0 amide bonds. The first-order valence-electron chi connectivity index (χ1n) is 9.06. The number of hydrogen-bond donors (Lipinski definition) is 0. The molecule has 0 aliphatic heterocycles. The van der Waals surface area contributed by atoms with E-state index >= 15 is 0 Å². The Morgan fingerprint density at radius 2 is 1.89 bits per heavy atom. The molecule has 1 aromatic heterocycles. The minimum absolute atomic E-state index is 0.243. The Labute approximate surface area is 167 Å². The molecule has 0 bridgehead atoms. The van der Waals surface area contributed by atoms with E-state index in [4.69, 9.17) is 25.5 Å². The fourth-order valence-electron chi connectivity index (χ4n) is 2.93. The molecule has 0 saturated carbocycles. The molecular weight excluding hydrogens is 380 g/mol. The van der Waals surface area contributed by atoms with Gasteiger partial charge in [-0.05, 0) is 55.2 Å². The van der Waals surface area contributed by atoms with Crippen molar-refractivity contribution < 1.29 is 18.7 Å². The van der Waals surface area contributed by atoms with Gasteiger partial charge < -0.3 is 13.9 Å². The Kier molecular flexibility index (Phi) is 6.37. The van der Waals surface area contributed by atoms with Crippen LogP contribution in [0.25, 0.3) is 11.0 Å². The zero-order chi connectivity index (χ0) is 20.1. The van der Waals surface area contributed by atoms with E-state index < -0.39 is 5.63 Å². The highest BCUT2D eigenvalue weighted by Gasteiger charge is 2.13. The van der Waals surface area contributed by atoms with Gasteiger partial charge in [0.05, 0.1) is 6.61 Å². The van der Waals surface area contributed by atoms with Crippen molar-refractivity contribution >= 4 is 28.5 Å². The molecule has 1 heterocycles. The second kappa shape index (κ2) is 8.93. The van der Waals surface area contributed by atoms with Crippen molar-refractivity contribution in [3.05, 3.63) is 74.6 Å². The van der Waals surface area contributed by atoms with Gasteiger partial charge in [0.2, 0.25) is 0 Å². The van der Waals surface area contributed by atoms with Crippen LogP contribution >= 0.6 is 11.6 Å². The van der Waals surface area contributed by atoms with E-state index in [-0.39, 0.29) is 12.4 Å². The molecule has 0 unspecified atom stereocenters. The maximum absolute atomic E-state index is 11.8. The Bertz CT molecular complexity index is 1040. The van der Waals surface area contributed by atoms with Gasteiger partial charge in [0, 0.05) is 29.0 Å². The van der Waals surface area contributed by atoms with Crippen molar-refractivity contribution in [1.82, 2.24) is 0 Å². The first kappa shape index (κ1) is 20.0. The van der Waals surface area contributed by atoms with Crippen LogP contribution in [0, 0.1) is 6.92 Å². The van der Waals surface area contributed by atoms with Gasteiger partial charge in [-0.3, -0.25) is 4.79 Å². The van der Waals surface area contributed by atoms with Crippen molar-refractivity contribution in [2.45, 2.75) is 33.3 Å². The van der Waals surface area contributed by atoms with E-state index in [1.807, 2.05) is 25.1 Å². The SMILES string of the molecule is CCOC(=O)CCc1cc2c(C)cc(=O)oc2cc1OCc1ccc(Cl)cc1. The highest BCUT2D eigenvalue weighted by molar-refractivity contribution is 6.30. The van der Waals surface area contributed by atoms with Gasteiger partial charge in [-0.1, -0.05) is 23.7 Å². The molecule has 0 aliphatic rings. The summed E-state index contributed by atoms with van der Waals surface area (Å²) in [5, 5.41) is 1.47. The first-order chi connectivity index (χ1) is 13.5. The Balaban J connectivity index is 1.91. The molecule has 3 rings (SSSR count). The number of esters is 1. The van der Waals surface area contributed by atoms with Crippen LogP contribution in [0.15, 0.2) is 51.7 Å². The topological polar surface area (TPSA) is 65.7 Å². The van der Waals surface area contributed by atoms with Crippen LogP contribution < -0.4 is 10.4 Å². The van der Waals surface area contributed by atoms with Crippen molar-refractivity contribution in [2.75, 3.05) is 6.61 Å². The molecule has 0 spiro atoms. The Morgan fingerprint density at radius 3 is 2.61 bits per heavy atom. The molecule has 146 valence electrons. The molecule has 0 N–H and O–H groups in total. The number of fused-ring (bicyclic) bond motifs is 1. The van der Waals surface area contributed by atoms with Gasteiger partial charge in [0.15, 0.2) is 0 Å². The van der Waals surface area contributed by atoms with Gasteiger partial charge >= 0.3 is 11.6 Å². The van der Waals surface area contributed by atoms with Gasteiger partial charge in [-0.15, -0.1) is 0 Å². The van der Waals surface area contributed by atoms with Crippen LogP contribution in [0.1, 0.15) is 30.0 Å². The van der Waals surface area contributed by atoms with Crippen LogP contribution in [0.3, 0.4) is 0 Å². The van der Waals surface area contributed by atoms with Crippen LogP contribution in [-0.2, 0) is 22.6 Å². The smallest absolute Gasteiger partial charge is 0.336 e. The number of hydrogen-bond acceptors (Lipinski definition) is 5. The molecule has 2 aromatic carbocycles. The van der Waals surface area contributed by atoms with Crippen molar-refractivity contribution in [3.63, 3.8) is 0 Å². The lowest BCUT2D eigenvalue weighted by Gasteiger charge is -2.13. The molecule has 0 saturated heterocycles. The molecule has 0 aliphatic carbocycles. The summed E-state index contributed by atoms with van der Waals surface area (Å²) in [6.07, 6.45) is 0.704. The van der Waals surface area contributed by atoms with Gasteiger partial charge in [0.25, 0.3) is 0 Å². The maximum atomic E-state index is 11.8. The standard InChI is InChI=1S/C22H21ClO5/c1-3-26-21(24)9-6-16-11-18-14(2)10-22(25)28-20(18)12-19(16)27-13-15-4-7-17(23)8-5-15/h4-5,7-8,10-12H,3,6,9,13H2,1-2H3. The van der Waals surface area contributed by atoms with Crippen molar-refractivity contribution in [2.24, 2.45) is 0 Å². The van der Waals surface area contributed by atoms with E-state index in [1.165, 1.54) is 6.07 Å². The zero-order valence-corrected chi connectivity index (χ0v) is 16.5. The zero-order valence-electron chi connectivity index (χ0n) is 15.8. The summed E-state index contributed by atoms with van der Waals surface area (Å²) in [4.78, 5) is 23.5. The van der Waals surface area contributed by atoms with Crippen LogP contribution in [0.2, 0.25) is 5.02 Å². The van der Waals surface area contributed by atoms with Gasteiger partial charge in [-0.25, -0.2) is 4.79 Å². The molecule has 0 radical (unpaired) electrons. The second-order valence-electron chi connectivity index (χ2n) is 6.42. The molecule has 0 atom stereocenters. The van der Waals surface area contributed by atoms with E-state index in [0.29, 0.717) is 36.0 Å². The van der Waals surface area contributed by atoms with Crippen LogP contribution in [0.5, 0.6) is 5.75 Å². The number of carbonyl (C=O) groups excluding carboxylic acids is 1. The van der Waals surface area contributed by atoms with Crippen LogP contribution in [-0.4, -0.2) is 12.6 Å². The highest BCUT2D eigenvalue weighted by atomic mass is 35.5. The quantitative estimate of drug-likeness (QED) is 0.420. The third-order valence-corrected chi connectivity index (χ3v) is 4.60. The average Bonchev–Trinajstić information content (AvgIpc) is 2.66. The molecule has 0 fully saturated rings. The summed E-state index contributed by atoms with van der Waals surface area (Å²) < 4.78 is 16.3. The van der Waals surface area contributed by atoms with E-state index in [0.717, 1.165) is 22.1 Å². The summed E-state index contributed by atoms with van der Waals surface area (Å²) >= 11 is 5.92. The minimum Gasteiger partial charge on any atom is -0.488 e. The fraction of sp³-hybridized carbons (Fsp3) is 0.273. The first-order valence-corrected chi connectivity index (χ1v) is 9.44. The Morgan fingerprint density at radius 1 is 1.14 bits per heavy atom. The van der Waals surface area contributed by atoms with E-state index in [2.05, 4.69) is 0 Å². The number of ether oxygens (including phenoxy) is 2. The average molecular weight is 401 g/mol. The van der Waals surface area contributed by atoms with Gasteiger partial charge in [-0.2, -0.15) is 0 Å². The van der Waals surface area contributed by atoms with Gasteiger partial charge in [0.1, 0.15) is 17.9 Å². The third-order valence-electron chi connectivity index (χ3n) is 4.34. The molecule has 28 heavy (non-hydrogen) atoms. The van der Waals surface area contributed by atoms with Crippen molar-refractivity contribution in [1.29, 1.82) is 0 Å². The molecule has 3 aromatic rings. The predicted octanol–water partition coefficient (Wildman–Crippen LogP) is 4.83. The number of benzene rings is 2. The second-order valence-corrected chi connectivity index (χ2v) is 6.86. The fourth-order valence-corrected chi connectivity index (χ4v) is 3.06. The molecule has 6 heteroatoms. The summed E-state index contributed by atoms with van der Waals surface area (Å²) in [5.74, 6) is 0.308. The highest BCUT2D eigenvalue weighted by Crippen LogP contribution is 2.29. The lowest BCUT2D eigenvalue weighted by molar-refractivity contribution is -0.143. The predicted molar refractivity (Wildman–Crippen MR) is 108 cm³/mol. The van der Waals surface area contributed by atoms with Crippen molar-refractivity contribution in [3.8, 4) is 5.75 Å². The van der Waals surface area contributed by atoms with E-state index in [9.17, 15) is 9.59 Å². The molecule has 5 nitrogen and oxygen atoms in total. The largest absolute Gasteiger partial charge is 0.488 e. The third kappa shape index (κ3) is 4.93. The summed E-state index contributed by atoms with van der Waals surface area (Å²) in [6, 6.07) is 12.4. The number of rotatable bonds is 7. The normalized spacial score (nSPS) is 10.8. The summed E-state index contributed by atoms with van der Waals surface area (Å²) in [7, 11) is 0. The number of halogens is 1. The maximum Gasteiger partial charge on any atom is 0.336 e. The lowest BCUT2D eigenvalue weighted by atomic mass is 10.0. The lowest BCUT2D eigenvalue weighted by Crippen LogP contribution is -2.07.